The highest BCUT2D eigenvalue weighted by Crippen LogP contribution is 2.26. The van der Waals surface area contributed by atoms with Crippen LogP contribution in [0.4, 0.5) is 10.5 Å². The highest BCUT2D eigenvalue weighted by Gasteiger charge is 2.37. The zero-order valence-corrected chi connectivity index (χ0v) is 15.5. The molecule has 1 N–H and O–H groups in total. The number of rotatable bonds is 4. The van der Waals surface area contributed by atoms with E-state index >= 15 is 0 Å². The van der Waals surface area contributed by atoms with Gasteiger partial charge in [0.05, 0.1) is 5.69 Å². The van der Waals surface area contributed by atoms with Gasteiger partial charge in [0.2, 0.25) is 0 Å². The van der Waals surface area contributed by atoms with Crippen LogP contribution in [0.1, 0.15) is 16.7 Å². The molecule has 28 heavy (non-hydrogen) atoms. The summed E-state index contributed by atoms with van der Waals surface area (Å²) in [6.45, 7) is 3.82. The maximum atomic E-state index is 13.0. The number of nitrogens with zero attached hydrogens (tertiary/aromatic N) is 1. The monoisotopic (exact) mass is 374 g/mol. The van der Waals surface area contributed by atoms with Crippen molar-refractivity contribution in [3.63, 3.8) is 0 Å². The number of nitrogens with one attached hydrogen (secondary N) is 1. The van der Waals surface area contributed by atoms with Crippen LogP contribution < -0.4 is 15.0 Å². The predicted molar refractivity (Wildman–Crippen MR) is 106 cm³/mol. The smallest absolute Gasteiger partial charge is 0.335 e. The molecule has 1 saturated heterocycles. The molecule has 0 atom stereocenters. The van der Waals surface area contributed by atoms with Gasteiger partial charge in [-0.2, -0.15) is 0 Å². The van der Waals surface area contributed by atoms with Crippen LogP contribution in [0, 0.1) is 26.2 Å². The lowest BCUT2D eigenvalue weighted by atomic mass is 10.0. The van der Waals surface area contributed by atoms with Gasteiger partial charge in [0, 0.05) is 0 Å². The van der Waals surface area contributed by atoms with Crippen LogP contribution >= 0.6 is 0 Å². The molecule has 0 radical (unpaired) electrons. The van der Waals surface area contributed by atoms with E-state index in [-0.39, 0.29) is 12.2 Å². The summed E-state index contributed by atoms with van der Waals surface area (Å²) in [5.74, 6) is 1.45. The summed E-state index contributed by atoms with van der Waals surface area (Å²) in [4.78, 5) is 38.6. The SMILES string of the molecule is C#CCOc1cccc(/C=C2/C(=O)NC(=O)N(c3ccc(C)cc3C)C2=O)c1. The minimum absolute atomic E-state index is 0.106. The van der Waals surface area contributed by atoms with Crippen molar-refractivity contribution in [2.45, 2.75) is 13.8 Å². The molecule has 2 aromatic rings. The lowest BCUT2D eigenvalue weighted by molar-refractivity contribution is -0.122. The normalized spacial score (nSPS) is 15.4. The number of terminal acetylenes is 1. The van der Waals surface area contributed by atoms with E-state index in [1.54, 1.807) is 43.3 Å². The largest absolute Gasteiger partial charge is 0.481 e. The maximum Gasteiger partial charge on any atom is 0.335 e. The minimum atomic E-state index is -0.773. The second-order valence-corrected chi connectivity index (χ2v) is 6.31. The minimum Gasteiger partial charge on any atom is -0.481 e. The molecule has 0 aliphatic carbocycles. The van der Waals surface area contributed by atoms with Crippen molar-refractivity contribution in [1.29, 1.82) is 0 Å². The zero-order chi connectivity index (χ0) is 20.3. The van der Waals surface area contributed by atoms with Crippen molar-refractivity contribution in [2.75, 3.05) is 11.5 Å². The topological polar surface area (TPSA) is 75.7 Å². The number of urea groups is 1. The van der Waals surface area contributed by atoms with Crippen molar-refractivity contribution in [3.8, 4) is 18.1 Å². The van der Waals surface area contributed by atoms with Crippen LogP contribution in [0.2, 0.25) is 0 Å². The first-order valence-electron chi connectivity index (χ1n) is 8.55. The van der Waals surface area contributed by atoms with Crippen LogP contribution in [0.5, 0.6) is 5.75 Å². The third kappa shape index (κ3) is 3.79. The summed E-state index contributed by atoms with van der Waals surface area (Å²) in [6, 6.07) is 11.4. The third-order valence-corrected chi connectivity index (χ3v) is 4.19. The van der Waals surface area contributed by atoms with Gasteiger partial charge >= 0.3 is 6.03 Å². The number of carbonyl (C=O) groups is 3. The summed E-state index contributed by atoms with van der Waals surface area (Å²) in [6.07, 6.45) is 6.60. The van der Waals surface area contributed by atoms with Gasteiger partial charge in [0.15, 0.2) is 0 Å². The fourth-order valence-electron chi connectivity index (χ4n) is 2.92. The Bertz CT molecular complexity index is 1050. The maximum absolute atomic E-state index is 13.0. The highest BCUT2D eigenvalue weighted by atomic mass is 16.5. The molecule has 6 nitrogen and oxygen atoms in total. The Hall–Kier alpha value is -3.85. The van der Waals surface area contributed by atoms with Gasteiger partial charge in [-0.25, -0.2) is 9.69 Å². The third-order valence-electron chi connectivity index (χ3n) is 4.19. The summed E-state index contributed by atoms with van der Waals surface area (Å²) >= 11 is 0. The molecule has 2 aromatic carbocycles. The quantitative estimate of drug-likeness (QED) is 0.507. The van der Waals surface area contributed by atoms with Gasteiger partial charge in [-0.05, 0) is 49.2 Å². The Morgan fingerprint density at radius 1 is 1.14 bits per heavy atom. The molecule has 1 heterocycles. The number of barbiturate groups is 1. The average Bonchev–Trinajstić information content (AvgIpc) is 2.65. The van der Waals surface area contributed by atoms with Crippen molar-refractivity contribution in [2.24, 2.45) is 0 Å². The Morgan fingerprint density at radius 2 is 1.93 bits per heavy atom. The summed E-state index contributed by atoms with van der Waals surface area (Å²) in [5.41, 5.74) is 2.61. The number of aryl methyl sites for hydroxylation is 2. The molecule has 0 spiro atoms. The molecule has 0 unspecified atom stereocenters. The van der Waals surface area contributed by atoms with Gasteiger partial charge < -0.3 is 4.74 Å². The van der Waals surface area contributed by atoms with Crippen LogP contribution in [0.3, 0.4) is 0 Å². The van der Waals surface area contributed by atoms with Crippen molar-refractivity contribution in [3.05, 3.63) is 64.7 Å². The van der Waals surface area contributed by atoms with E-state index in [1.807, 2.05) is 13.0 Å². The van der Waals surface area contributed by atoms with Crippen molar-refractivity contribution >= 4 is 29.6 Å². The van der Waals surface area contributed by atoms with Gasteiger partial charge in [0.25, 0.3) is 11.8 Å². The van der Waals surface area contributed by atoms with Gasteiger partial charge in [0.1, 0.15) is 17.9 Å². The molecule has 0 aromatic heterocycles. The fraction of sp³-hybridized carbons (Fsp3) is 0.136. The number of benzene rings is 2. The van der Waals surface area contributed by atoms with Crippen LogP contribution in [-0.2, 0) is 9.59 Å². The first-order valence-corrected chi connectivity index (χ1v) is 8.55. The van der Waals surface area contributed by atoms with Crippen molar-refractivity contribution in [1.82, 2.24) is 5.32 Å². The summed E-state index contributed by atoms with van der Waals surface area (Å²) < 4.78 is 5.36. The van der Waals surface area contributed by atoms with Crippen LogP contribution in [-0.4, -0.2) is 24.5 Å². The summed E-state index contributed by atoms with van der Waals surface area (Å²) in [5, 5.41) is 2.22. The second-order valence-electron chi connectivity index (χ2n) is 6.31. The van der Waals surface area contributed by atoms with Crippen LogP contribution in [0.25, 0.3) is 6.08 Å². The molecule has 4 amide bonds. The number of amides is 4. The van der Waals surface area contributed by atoms with Gasteiger partial charge in [-0.1, -0.05) is 35.7 Å². The molecular weight excluding hydrogens is 356 g/mol. The number of carbonyl (C=O) groups excluding carboxylic acids is 3. The molecule has 1 fully saturated rings. The Morgan fingerprint density at radius 3 is 2.64 bits per heavy atom. The first-order chi connectivity index (χ1) is 13.4. The lowest BCUT2D eigenvalue weighted by Gasteiger charge is -2.27. The molecule has 0 saturated carbocycles. The Labute approximate surface area is 162 Å². The van der Waals surface area contributed by atoms with E-state index in [9.17, 15) is 14.4 Å². The number of hydrogen-bond acceptors (Lipinski definition) is 4. The van der Waals surface area contributed by atoms with Gasteiger partial charge in [-0.15, -0.1) is 6.42 Å². The average molecular weight is 374 g/mol. The Balaban J connectivity index is 1.98. The number of ether oxygens (including phenoxy) is 1. The van der Waals surface area contributed by atoms with E-state index in [4.69, 9.17) is 11.2 Å². The molecule has 1 aliphatic rings. The fourth-order valence-corrected chi connectivity index (χ4v) is 2.92. The van der Waals surface area contributed by atoms with Gasteiger partial charge in [-0.3, -0.25) is 14.9 Å². The number of imide groups is 2. The highest BCUT2D eigenvalue weighted by molar-refractivity contribution is 6.39. The number of hydrogen-bond donors (Lipinski definition) is 1. The first kappa shape index (κ1) is 18.9. The lowest BCUT2D eigenvalue weighted by Crippen LogP contribution is -2.54. The molecule has 6 heteroatoms. The Kier molecular flexibility index (Phi) is 5.28. The van der Waals surface area contributed by atoms with E-state index in [2.05, 4.69) is 11.2 Å². The standard InChI is InChI=1S/C22H18N2O4/c1-4-10-28-17-7-5-6-16(12-17)13-18-20(25)23-22(27)24(21(18)26)19-9-8-14(2)11-15(19)3/h1,5-9,11-13H,10H2,2-3H3,(H,23,25,27)/b18-13-. The zero-order valence-electron chi connectivity index (χ0n) is 15.5. The van der Waals surface area contributed by atoms with Crippen LogP contribution in [0.15, 0.2) is 48.0 Å². The molecule has 140 valence electrons. The number of anilines is 1. The molecule has 1 aliphatic heterocycles. The second kappa shape index (κ2) is 7.80. The molecule has 3 rings (SSSR count). The van der Waals surface area contributed by atoms with E-state index in [1.165, 1.54) is 6.08 Å². The summed E-state index contributed by atoms with van der Waals surface area (Å²) in [7, 11) is 0. The molecular formula is C22H18N2O4. The van der Waals surface area contributed by atoms with E-state index < -0.39 is 17.8 Å². The van der Waals surface area contributed by atoms with Crippen molar-refractivity contribution < 1.29 is 19.1 Å². The van der Waals surface area contributed by atoms with E-state index in [0.29, 0.717) is 17.0 Å². The molecule has 0 bridgehead atoms. The predicted octanol–water partition coefficient (Wildman–Crippen LogP) is 2.98. The van der Waals surface area contributed by atoms with E-state index in [0.717, 1.165) is 16.0 Å².